The second kappa shape index (κ2) is 11.0. The van der Waals surface area contributed by atoms with Crippen LogP contribution < -0.4 is 24.6 Å². The van der Waals surface area contributed by atoms with E-state index in [0.29, 0.717) is 50.9 Å². The minimum Gasteiger partial charge on any atom is -0.494 e. The average Bonchev–Trinajstić information content (AvgIpc) is 2.95. The molecular formula is C30H34N8O4S. The van der Waals surface area contributed by atoms with E-state index in [0.717, 1.165) is 50.4 Å². The maximum Gasteiger partial charge on any atom is 0.232 e. The van der Waals surface area contributed by atoms with Crippen molar-refractivity contribution in [3.8, 4) is 5.75 Å². The third-order valence-electron chi connectivity index (χ3n) is 7.95. The van der Waals surface area contributed by atoms with Gasteiger partial charge in [-0.15, -0.1) is 0 Å². The summed E-state index contributed by atoms with van der Waals surface area (Å²) in [7, 11) is -0.495. The van der Waals surface area contributed by atoms with Crippen molar-refractivity contribution in [2.75, 3.05) is 66.6 Å². The number of methoxy groups -OCH3 is 1. The van der Waals surface area contributed by atoms with Crippen LogP contribution in [0, 0.1) is 5.41 Å². The van der Waals surface area contributed by atoms with Gasteiger partial charge in [-0.05, 0) is 30.2 Å². The first-order valence-corrected chi connectivity index (χ1v) is 15.7. The van der Waals surface area contributed by atoms with Crippen molar-refractivity contribution < 1.29 is 17.9 Å². The number of aromatic nitrogens is 4. The lowest BCUT2D eigenvalue weighted by Gasteiger charge is -2.56. The molecule has 224 valence electrons. The molecule has 2 aliphatic rings. The molecule has 2 fully saturated rings. The summed E-state index contributed by atoms with van der Waals surface area (Å²) >= 11 is 0. The Morgan fingerprint density at radius 2 is 1.91 bits per heavy atom. The third-order valence-corrected chi connectivity index (χ3v) is 9.13. The predicted octanol–water partition coefficient (Wildman–Crippen LogP) is 4.35. The van der Waals surface area contributed by atoms with Crippen LogP contribution in [0.2, 0.25) is 0 Å². The fourth-order valence-corrected chi connectivity index (χ4v) is 6.04. The van der Waals surface area contributed by atoms with E-state index in [1.165, 1.54) is 23.1 Å². The van der Waals surface area contributed by atoms with Gasteiger partial charge < -0.3 is 25.0 Å². The second-order valence-corrected chi connectivity index (χ2v) is 13.0. The summed E-state index contributed by atoms with van der Waals surface area (Å²) in [5, 5.41) is 6.61. The largest absolute Gasteiger partial charge is 0.494 e. The summed E-state index contributed by atoms with van der Waals surface area (Å²) in [4.78, 5) is 20.4. The van der Waals surface area contributed by atoms with E-state index >= 15 is 0 Å². The molecule has 6 rings (SSSR count). The molecule has 2 aromatic heterocycles. The molecule has 2 aromatic carbocycles. The highest BCUT2D eigenvalue weighted by molar-refractivity contribution is 7.92. The number of nitrogens with zero attached hydrogens (tertiary/aromatic N) is 6. The lowest BCUT2D eigenvalue weighted by molar-refractivity contribution is -0.127. The van der Waals surface area contributed by atoms with Gasteiger partial charge in [-0.2, -0.15) is 4.98 Å². The molecule has 0 unspecified atom stereocenters. The van der Waals surface area contributed by atoms with Crippen LogP contribution in [-0.2, 0) is 21.2 Å². The normalized spacial score (nSPS) is 15.5. The van der Waals surface area contributed by atoms with Gasteiger partial charge in [0.05, 0.1) is 48.9 Å². The van der Waals surface area contributed by atoms with E-state index < -0.39 is 10.0 Å². The maximum atomic E-state index is 12.6. The molecule has 0 radical (unpaired) electrons. The Kier molecular flexibility index (Phi) is 7.30. The Hall–Kier alpha value is -4.49. The lowest BCUT2D eigenvalue weighted by Crippen LogP contribution is -2.66. The number of anilines is 6. The number of benzene rings is 2. The smallest absolute Gasteiger partial charge is 0.232 e. The van der Waals surface area contributed by atoms with Gasteiger partial charge in [-0.3, -0.25) is 14.3 Å². The highest BCUT2D eigenvalue weighted by atomic mass is 32.2. The van der Waals surface area contributed by atoms with Crippen LogP contribution in [0.15, 0.2) is 49.4 Å². The molecule has 13 heteroatoms. The molecule has 0 saturated carbocycles. The number of ether oxygens (including phenoxy) is 2. The standard InChI is InChI=1S/C30H34N8O4S/c1-6-19-12-23(25(41-4)13-24(19)38-15-30(16-38)17-42-18-30)35-29-33-14-20(7-2)28(36-29)34-22-9-8-21-26(32-11-10-31-21)27(22)37(3)43(5,39)40/h7-14H,2,6,15-18H2,1,3-5H3,(H2,33,34,35,36). The second-order valence-electron chi connectivity index (χ2n) is 11.0. The Labute approximate surface area is 250 Å². The Balaban J connectivity index is 1.34. The van der Waals surface area contributed by atoms with E-state index in [9.17, 15) is 8.42 Å². The van der Waals surface area contributed by atoms with Crippen LogP contribution in [0.25, 0.3) is 17.1 Å². The molecule has 2 N–H and O–H groups in total. The summed E-state index contributed by atoms with van der Waals surface area (Å²) in [6.45, 7) is 9.65. The van der Waals surface area contributed by atoms with Crippen molar-refractivity contribution in [2.24, 2.45) is 5.41 Å². The molecule has 2 aliphatic heterocycles. The van der Waals surface area contributed by atoms with Crippen molar-refractivity contribution in [2.45, 2.75) is 13.3 Å². The first kappa shape index (κ1) is 28.6. The molecule has 4 heterocycles. The van der Waals surface area contributed by atoms with Crippen LogP contribution in [0.4, 0.5) is 34.5 Å². The highest BCUT2D eigenvalue weighted by Gasteiger charge is 2.49. The predicted molar refractivity (Wildman–Crippen MR) is 169 cm³/mol. The minimum absolute atomic E-state index is 0.299. The van der Waals surface area contributed by atoms with E-state index in [1.54, 1.807) is 37.7 Å². The van der Waals surface area contributed by atoms with Gasteiger partial charge in [0, 0.05) is 56.0 Å². The molecule has 0 bridgehead atoms. The topological polar surface area (TPSA) is 135 Å². The maximum absolute atomic E-state index is 12.6. The van der Waals surface area contributed by atoms with Crippen LogP contribution in [0.1, 0.15) is 18.1 Å². The molecule has 4 aromatic rings. The Morgan fingerprint density at radius 1 is 1.14 bits per heavy atom. The zero-order chi connectivity index (χ0) is 30.4. The fourth-order valence-electron chi connectivity index (χ4n) is 5.52. The molecule has 2 saturated heterocycles. The van der Waals surface area contributed by atoms with Crippen molar-refractivity contribution in [1.82, 2.24) is 19.9 Å². The van der Waals surface area contributed by atoms with Gasteiger partial charge >= 0.3 is 0 Å². The monoisotopic (exact) mass is 602 g/mol. The van der Waals surface area contributed by atoms with Gasteiger partial charge in [0.25, 0.3) is 0 Å². The van der Waals surface area contributed by atoms with E-state index in [2.05, 4.69) is 56.1 Å². The Bertz CT molecular complexity index is 1820. The number of rotatable bonds is 10. The fraction of sp³-hybridized carbons (Fsp3) is 0.333. The number of sulfonamides is 1. The van der Waals surface area contributed by atoms with Gasteiger partial charge in [0.1, 0.15) is 22.8 Å². The zero-order valence-electron chi connectivity index (χ0n) is 24.6. The molecule has 43 heavy (non-hydrogen) atoms. The zero-order valence-corrected chi connectivity index (χ0v) is 25.4. The summed E-state index contributed by atoms with van der Waals surface area (Å²) in [6.07, 6.45) is 8.35. The van der Waals surface area contributed by atoms with Crippen molar-refractivity contribution in [3.05, 3.63) is 60.6 Å². The third kappa shape index (κ3) is 5.30. The number of aryl methyl sites for hydroxylation is 1. The first-order chi connectivity index (χ1) is 20.6. The van der Waals surface area contributed by atoms with Crippen molar-refractivity contribution in [3.63, 3.8) is 0 Å². The lowest BCUT2D eigenvalue weighted by atomic mass is 9.77. The van der Waals surface area contributed by atoms with Crippen molar-refractivity contribution >= 4 is 61.6 Å². The van der Waals surface area contributed by atoms with E-state index in [1.807, 2.05) is 0 Å². The summed E-state index contributed by atoms with van der Waals surface area (Å²) in [6, 6.07) is 7.67. The van der Waals surface area contributed by atoms with Gasteiger partial charge in [-0.1, -0.05) is 19.6 Å². The average molecular weight is 603 g/mol. The van der Waals surface area contributed by atoms with Crippen LogP contribution in [0.5, 0.6) is 5.75 Å². The molecule has 12 nitrogen and oxygen atoms in total. The van der Waals surface area contributed by atoms with Gasteiger partial charge in [0.15, 0.2) is 0 Å². The van der Waals surface area contributed by atoms with Crippen LogP contribution in [0.3, 0.4) is 0 Å². The highest BCUT2D eigenvalue weighted by Crippen LogP contribution is 2.44. The Morgan fingerprint density at radius 3 is 2.56 bits per heavy atom. The molecule has 0 aliphatic carbocycles. The quantitative estimate of drug-likeness (QED) is 0.268. The van der Waals surface area contributed by atoms with Gasteiger partial charge in [0.2, 0.25) is 16.0 Å². The SMILES string of the molecule is C=Cc1cnc(Nc2cc(CC)c(N3CC4(COC4)C3)cc2OC)nc1Nc1ccc2nccnc2c1N(C)S(C)(=O)=O. The van der Waals surface area contributed by atoms with E-state index in [-0.39, 0.29) is 0 Å². The number of hydrogen-bond donors (Lipinski definition) is 2. The molecule has 0 amide bonds. The first-order valence-electron chi connectivity index (χ1n) is 13.9. The summed E-state index contributed by atoms with van der Waals surface area (Å²) in [5.41, 5.74) is 5.83. The number of fused-ring (bicyclic) bond motifs is 1. The van der Waals surface area contributed by atoms with E-state index in [4.69, 9.17) is 14.5 Å². The number of nitrogens with one attached hydrogen (secondary N) is 2. The van der Waals surface area contributed by atoms with Gasteiger partial charge in [-0.25, -0.2) is 13.4 Å². The van der Waals surface area contributed by atoms with Crippen molar-refractivity contribution in [1.29, 1.82) is 0 Å². The van der Waals surface area contributed by atoms with Crippen LogP contribution in [-0.4, -0.2) is 75.1 Å². The molecule has 1 spiro atoms. The molecule has 0 atom stereocenters. The molecular weight excluding hydrogens is 568 g/mol. The summed E-state index contributed by atoms with van der Waals surface area (Å²) in [5.74, 6) is 1.43. The number of hydrogen-bond acceptors (Lipinski definition) is 11. The van der Waals surface area contributed by atoms with Crippen LogP contribution >= 0.6 is 0 Å². The summed E-state index contributed by atoms with van der Waals surface area (Å²) < 4.78 is 37.6. The minimum atomic E-state index is -3.62.